The number of unbranched alkanes of at least 4 members (excludes halogenated alkanes) is 6. The van der Waals surface area contributed by atoms with Gasteiger partial charge >= 0.3 is 0 Å². The van der Waals surface area contributed by atoms with Crippen molar-refractivity contribution in [2.75, 3.05) is 0 Å². The predicted octanol–water partition coefficient (Wildman–Crippen LogP) is 5.27. The minimum Gasteiger partial charge on any atom is -0.351 e. The zero-order valence-electron chi connectivity index (χ0n) is 11.7. The Labute approximate surface area is 129 Å². The highest BCUT2D eigenvalue weighted by atomic mass is 79.9. The van der Waals surface area contributed by atoms with Crippen LogP contribution in [0.15, 0.2) is 15.9 Å². The Kier molecular flexibility index (Phi) is 9.18. The molecule has 1 amide bonds. The van der Waals surface area contributed by atoms with Gasteiger partial charge in [0.2, 0.25) is 5.91 Å². The van der Waals surface area contributed by atoms with Gasteiger partial charge in [-0.05, 0) is 28.4 Å². The van der Waals surface area contributed by atoms with E-state index in [4.69, 9.17) is 0 Å². The molecular formula is C15H24BrNOS. The number of thiophene rings is 1. The zero-order chi connectivity index (χ0) is 13.9. The maximum Gasteiger partial charge on any atom is 0.220 e. The van der Waals surface area contributed by atoms with Crippen LogP contribution >= 0.6 is 27.3 Å². The molecule has 1 aromatic heterocycles. The van der Waals surface area contributed by atoms with Gasteiger partial charge in [-0.25, -0.2) is 0 Å². The van der Waals surface area contributed by atoms with Crippen LogP contribution in [0.2, 0.25) is 0 Å². The highest BCUT2D eigenvalue weighted by Crippen LogP contribution is 2.19. The van der Waals surface area contributed by atoms with E-state index in [-0.39, 0.29) is 5.91 Å². The molecule has 1 N–H and O–H groups in total. The van der Waals surface area contributed by atoms with Crippen molar-refractivity contribution in [3.63, 3.8) is 0 Å². The van der Waals surface area contributed by atoms with Crippen LogP contribution in [0.1, 0.15) is 63.2 Å². The second-order valence-corrected chi connectivity index (χ2v) is 6.79. The lowest BCUT2D eigenvalue weighted by Gasteiger charge is -2.04. The van der Waals surface area contributed by atoms with Gasteiger partial charge in [0.05, 0.1) is 6.54 Å². The van der Waals surface area contributed by atoms with E-state index >= 15 is 0 Å². The summed E-state index contributed by atoms with van der Waals surface area (Å²) in [4.78, 5) is 12.8. The van der Waals surface area contributed by atoms with Crippen LogP contribution in [0.25, 0.3) is 0 Å². The first-order chi connectivity index (χ1) is 9.22. The van der Waals surface area contributed by atoms with Gasteiger partial charge in [0.1, 0.15) is 0 Å². The van der Waals surface area contributed by atoms with Crippen LogP contribution in [0.4, 0.5) is 0 Å². The van der Waals surface area contributed by atoms with Crippen molar-refractivity contribution in [3.05, 3.63) is 20.8 Å². The fraction of sp³-hybridized carbons (Fsp3) is 0.667. The van der Waals surface area contributed by atoms with Crippen LogP contribution in [0, 0.1) is 0 Å². The molecule has 0 saturated carbocycles. The standard InChI is InChI=1S/C15H24BrNOS/c1-2-3-4-5-6-7-8-9-15(18)17-11-14-10-13(16)12-19-14/h10,12H,2-9,11H2,1H3,(H,17,18). The Balaban J connectivity index is 1.96. The minimum atomic E-state index is 0.179. The van der Waals surface area contributed by atoms with E-state index in [2.05, 4.69) is 34.2 Å². The van der Waals surface area contributed by atoms with Crippen LogP contribution in [-0.2, 0) is 11.3 Å². The first-order valence-corrected chi connectivity index (χ1v) is 8.89. The average Bonchev–Trinajstić information content (AvgIpc) is 2.81. The van der Waals surface area contributed by atoms with E-state index < -0.39 is 0 Å². The highest BCUT2D eigenvalue weighted by Gasteiger charge is 2.02. The van der Waals surface area contributed by atoms with Gasteiger partial charge < -0.3 is 5.32 Å². The first-order valence-electron chi connectivity index (χ1n) is 7.22. The summed E-state index contributed by atoms with van der Waals surface area (Å²) in [6.45, 7) is 2.89. The maximum absolute atomic E-state index is 11.6. The quantitative estimate of drug-likeness (QED) is 0.575. The third kappa shape index (κ3) is 8.43. The minimum absolute atomic E-state index is 0.179. The molecule has 0 spiro atoms. The Morgan fingerprint density at radius 3 is 2.53 bits per heavy atom. The van der Waals surface area contributed by atoms with E-state index in [9.17, 15) is 4.79 Å². The van der Waals surface area contributed by atoms with Crippen LogP contribution in [-0.4, -0.2) is 5.91 Å². The van der Waals surface area contributed by atoms with Gasteiger partial charge in [-0.1, -0.05) is 45.4 Å². The normalized spacial score (nSPS) is 10.6. The molecule has 0 fully saturated rings. The van der Waals surface area contributed by atoms with Crippen LogP contribution < -0.4 is 5.32 Å². The van der Waals surface area contributed by atoms with E-state index in [1.807, 2.05) is 5.38 Å². The lowest BCUT2D eigenvalue weighted by molar-refractivity contribution is -0.121. The molecule has 0 saturated heterocycles. The Morgan fingerprint density at radius 1 is 1.21 bits per heavy atom. The number of carbonyl (C=O) groups excluding carboxylic acids is 1. The summed E-state index contributed by atoms with van der Waals surface area (Å²) in [5.41, 5.74) is 0. The summed E-state index contributed by atoms with van der Waals surface area (Å²) in [5.74, 6) is 0.179. The molecule has 0 aliphatic rings. The van der Waals surface area contributed by atoms with Crippen LogP contribution in [0.5, 0.6) is 0 Å². The van der Waals surface area contributed by atoms with E-state index in [1.165, 1.54) is 43.4 Å². The number of hydrogen-bond acceptors (Lipinski definition) is 2. The highest BCUT2D eigenvalue weighted by molar-refractivity contribution is 9.10. The fourth-order valence-corrected chi connectivity index (χ4v) is 3.35. The summed E-state index contributed by atoms with van der Waals surface area (Å²) in [7, 11) is 0. The molecule has 0 atom stereocenters. The molecule has 0 bridgehead atoms. The molecule has 2 nitrogen and oxygen atoms in total. The van der Waals surface area contributed by atoms with Crippen molar-refractivity contribution in [1.82, 2.24) is 5.32 Å². The SMILES string of the molecule is CCCCCCCCCC(=O)NCc1cc(Br)cs1. The van der Waals surface area contributed by atoms with Crippen LogP contribution in [0.3, 0.4) is 0 Å². The molecule has 4 heteroatoms. The molecular weight excluding hydrogens is 322 g/mol. The third-order valence-electron chi connectivity index (χ3n) is 3.09. The molecule has 1 aromatic rings. The second kappa shape index (κ2) is 10.4. The molecule has 0 aromatic carbocycles. The topological polar surface area (TPSA) is 29.1 Å². The Bertz CT molecular complexity index is 365. The summed E-state index contributed by atoms with van der Waals surface area (Å²) in [6.07, 6.45) is 9.44. The summed E-state index contributed by atoms with van der Waals surface area (Å²) in [6, 6.07) is 2.05. The molecule has 108 valence electrons. The van der Waals surface area contributed by atoms with E-state index in [0.717, 1.165) is 10.9 Å². The van der Waals surface area contributed by atoms with Crippen molar-refractivity contribution in [2.45, 2.75) is 64.8 Å². The number of rotatable bonds is 10. The molecule has 1 rings (SSSR count). The zero-order valence-corrected chi connectivity index (χ0v) is 14.1. The van der Waals surface area contributed by atoms with Gasteiger partial charge in [0, 0.05) is 21.2 Å². The number of amides is 1. The number of nitrogens with one attached hydrogen (secondary N) is 1. The van der Waals surface area contributed by atoms with E-state index in [0.29, 0.717) is 13.0 Å². The second-order valence-electron chi connectivity index (χ2n) is 4.88. The Hall–Kier alpha value is -0.350. The maximum atomic E-state index is 11.6. The third-order valence-corrected chi connectivity index (χ3v) is 4.79. The predicted molar refractivity (Wildman–Crippen MR) is 86.5 cm³/mol. The average molecular weight is 346 g/mol. The van der Waals surface area contributed by atoms with Gasteiger partial charge in [-0.3, -0.25) is 4.79 Å². The van der Waals surface area contributed by atoms with Gasteiger partial charge in [0.25, 0.3) is 0 Å². The molecule has 0 aliphatic heterocycles. The van der Waals surface area contributed by atoms with E-state index in [1.54, 1.807) is 11.3 Å². The Morgan fingerprint density at radius 2 is 1.89 bits per heavy atom. The number of hydrogen-bond donors (Lipinski definition) is 1. The van der Waals surface area contributed by atoms with Gasteiger partial charge in [0.15, 0.2) is 0 Å². The van der Waals surface area contributed by atoms with Gasteiger partial charge in [-0.15, -0.1) is 11.3 Å². The van der Waals surface area contributed by atoms with Gasteiger partial charge in [-0.2, -0.15) is 0 Å². The van der Waals surface area contributed by atoms with Crippen molar-refractivity contribution >= 4 is 33.2 Å². The smallest absolute Gasteiger partial charge is 0.220 e. The molecule has 0 radical (unpaired) electrons. The molecule has 0 unspecified atom stereocenters. The van der Waals surface area contributed by atoms with Crippen molar-refractivity contribution < 1.29 is 4.79 Å². The summed E-state index contributed by atoms with van der Waals surface area (Å²) < 4.78 is 1.09. The van der Waals surface area contributed by atoms with Crippen molar-refractivity contribution in [1.29, 1.82) is 0 Å². The lowest BCUT2D eigenvalue weighted by Crippen LogP contribution is -2.21. The summed E-state index contributed by atoms with van der Waals surface area (Å²) in [5, 5.41) is 5.01. The van der Waals surface area contributed by atoms with Crippen molar-refractivity contribution in [3.8, 4) is 0 Å². The molecule has 0 aliphatic carbocycles. The number of halogens is 1. The largest absolute Gasteiger partial charge is 0.351 e. The monoisotopic (exact) mass is 345 g/mol. The lowest BCUT2D eigenvalue weighted by atomic mass is 10.1. The first kappa shape index (κ1) is 16.7. The van der Waals surface area contributed by atoms with Crippen molar-refractivity contribution in [2.24, 2.45) is 0 Å². The molecule has 19 heavy (non-hydrogen) atoms. The molecule has 1 heterocycles. The number of carbonyl (C=O) groups is 1. The summed E-state index contributed by atoms with van der Waals surface area (Å²) >= 11 is 5.08. The fourth-order valence-electron chi connectivity index (χ4n) is 1.96.